The SMILES string of the molecule is CCOC(C(C)C)C(N)Cc1nc(C)c(C)s1. The quantitative estimate of drug-likeness (QED) is 0.851. The Morgan fingerprint density at radius 3 is 2.41 bits per heavy atom. The van der Waals surface area contributed by atoms with Crippen LogP contribution < -0.4 is 5.73 Å². The lowest BCUT2D eigenvalue weighted by Crippen LogP contribution is -2.42. The summed E-state index contributed by atoms with van der Waals surface area (Å²) in [7, 11) is 0. The molecular formula is C13H24N2OS. The van der Waals surface area contributed by atoms with Gasteiger partial charge in [0.15, 0.2) is 0 Å². The molecule has 2 atom stereocenters. The van der Waals surface area contributed by atoms with Crippen molar-refractivity contribution < 1.29 is 4.74 Å². The first kappa shape index (κ1) is 14.6. The maximum atomic E-state index is 6.24. The Kier molecular flexibility index (Phi) is 5.56. The number of aryl methyl sites for hydroxylation is 2. The Bertz CT molecular complexity index is 330. The molecule has 0 aliphatic heterocycles. The van der Waals surface area contributed by atoms with Crippen molar-refractivity contribution in [1.82, 2.24) is 4.98 Å². The third kappa shape index (κ3) is 4.05. The third-order valence-corrected chi connectivity index (χ3v) is 4.02. The summed E-state index contributed by atoms with van der Waals surface area (Å²) in [6.45, 7) is 11.2. The highest BCUT2D eigenvalue weighted by atomic mass is 32.1. The van der Waals surface area contributed by atoms with Gasteiger partial charge in [-0.25, -0.2) is 4.98 Å². The van der Waals surface area contributed by atoms with E-state index in [4.69, 9.17) is 10.5 Å². The van der Waals surface area contributed by atoms with Crippen molar-refractivity contribution >= 4 is 11.3 Å². The van der Waals surface area contributed by atoms with Crippen molar-refractivity contribution in [2.45, 2.75) is 53.2 Å². The number of nitrogens with zero attached hydrogens (tertiary/aromatic N) is 1. The zero-order valence-electron chi connectivity index (χ0n) is 11.5. The van der Waals surface area contributed by atoms with E-state index < -0.39 is 0 Å². The molecule has 1 heterocycles. The molecule has 2 unspecified atom stereocenters. The minimum Gasteiger partial charge on any atom is -0.377 e. The van der Waals surface area contributed by atoms with Crippen molar-refractivity contribution in [3.05, 3.63) is 15.6 Å². The van der Waals surface area contributed by atoms with Crippen molar-refractivity contribution in [2.24, 2.45) is 11.7 Å². The lowest BCUT2D eigenvalue weighted by Gasteiger charge is -2.26. The fraction of sp³-hybridized carbons (Fsp3) is 0.769. The van der Waals surface area contributed by atoms with Crippen LogP contribution in [0.2, 0.25) is 0 Å². The average molecular weight is 256 g/mol. The van der Waals surface area contributed by atoms with Crippen LogP contribution in [-0.4, -0.2) is 23.7 Å². The van der Waals surface area contributed by atoms with Gasteiger partial charge in [0, 0.05) is 23.9 Å². The summed E-state index contributed by atoms with van der Waals surface area (Å²) >= 11 is 1.74. The zero-order chi connectivity index (χ0) is 13.0. The van der Waals surface area contributed by atoms with Crippen LogP contribution in [0, 0.1) is 19.8 Å². The maximum Gasteiger partial charge on any atom is 0.0947 e. The molecule has 0 bridgehead atoms. The van der Waals surface area contributed by atoms with Gasteiger partial charge < -0.3 is 10.5 Å². The first-order chi connectivity index (χ1) is 7.95. The van der Waals surface area contributed by atoms with Gasteiger partial charge >= 0.3 is 0 Å². The smallest absolute Gasteiger partial charge is 0.0947 e. The van der Waals surface area contributed by atoms with Crippen molar-refractivity contribution in [1.29, 1.82) is 0 Å². The molecule has 3 nitrogen and oxygen atoms in total. The second-order valence-electron chi connectivity index (χ2n) is 4.78. The van der Waals surface area contributed by atoms with E-state index in [9.17, 15) is 0 Å². The molecule has 17 heavy (non-hydrogen) atoms. The van der Waals surface area contributed by atoms with Gasteiger partial charge in [-0.15, -0.1) is 11.3 Å². The molecule has 0 radical (unpaired) electrons. The van der Waals surface area contributed by atoms with Gasteiger partial charge in [-0.1, -0.05) is 13.8 Å². The summed E-state index contributed by atoms with van der Waals surface area (Å²) in [5.41, 5.74) is 7.36. The van der Waals surface area contributed by atoms with Crippen LogP contribution in [0.25, 0.3) is 0 Å². The largest absolute Gasteiger partial charge is 0.377 e. The normalized spacial score (nSPS) is 15.2. The zero-order valence-corrected chi connectivity index (χ0v) is 12.3. The Labute approximate surface area is 108 Å². The van der Waals surface area contributed by atoms with Crippen LogP contribution in [0.3, 0.4) is 0 Å². The van der Waals surface area contributed by atoms with Gasteiger partial charge in [-0.3, -0.25) is 0 Å². The molecule has 0 saturated carbocycles. The lowest BCUT2D eigenvalue weighted by atomic mass is 9.98. The summed E-state index contributed by atoms with van der Waals surface area (Å²) < 4.78 is 5.73. The number of ether oxygens (including phenoxy) is 1. The Balaban J connectivity index is 2.65. The highest BCUT2D eigenvalue weighted by Gasteiger charge is 2.23. The minimum atomic E-state index is 0.0277. The fourth-order valence-corrected chi connectivity index (χ4v) is 2.95. The predicted octanol–water partition coefficient (Wildman–Crippen LogP) is 2.69. The van der Waals surface area contributed by atoms with E-state index >= 15 is 0 Å². The Morgan fingerprint density at radius 1 is 1.35 bits per heavy atom. The second kappa shape index (κ2) is 6.47. The topological polar surface area (TPSA) is 48.1 Å². The number of nitrogens with two attached hydrogens (primary N) is 1. The molecule has 98 valence electrons. The van der Waals surface area contributed by atoms with Gasteiger partial charge in [0.05, 0.1) is 16.8 Å². The maximum absolute atomic E-state index is 6.24. The number of rotatable bonds is 6. The Morgan fingerprint density at radius 2 is 2.00 bits per heavy atom. The summed E-state index contributed by atoms with van der Waals surface area (Å²) in [5.74, 6) is 0.437. The molecule has 0 aliphatic carbocycles. The molecule has 0 amide bonds. The molecule has 1 aromatic heterocycles. The summed E-state index contributed by atoms with van der Waals surface area (Å²) in [6, 6.07) is 0.0277. The van der Waals surface area contributed by atoms with Crippen molar-refractivity contribution in [3.8, 4) is 0 Å². The average Bonchev–Trinajstić information content (AvgIpc) is 2.53. The molecule has 0 aliphatic rings. The first-order valence-corrected chi connectivity index (χ1v) is 7.07. The highest BCUT2D eigenvalue weighted by molar-refractivity contribution is 7.11. The monoisotopic (exact) mass is 256 g/mol. The van der Waals surface area contributed by atoms with Gasteiger partial charge in [0.1, 0.15) is 0 Å². The third-order valence-electron chi connectivity index (χ3n) is 2.92. The van der Waals surface area contributed by atoms with Gasteiger partial charge in [0.25, 0.3) is 0 Å². The molecule has 0 spiro atoms. The van der Waals surface area contributed by atoms with E-state index in [1.165, 1.54) is 4.88 Å². The molecule has 1 aromatic rings. The van der Waals surface area contributed by atoms with E-state index in [-0.39, 0.29) is 12.1 Å². The molecule has 0 aromatic carbocycles. The summed E-state index contributed by atoms with van der Waals surface area (Å²) in [4.78, 5) is 5.82. The van der Waals surface area contributed by atoms with E-state index in [2.05, 4.69) is 25.8 Å². The van der Waals surface area contributed by atoms with Crippen LogP contribution in [0.1, 0.15) is 36.3 Å². The van der Waals surface area contributed by atoms with E-state index in [1.807, 2.05) is 13.8 Å². The van der Waals surface area contributed by atoms with Crippen LogP contribution in [-0.2, 0) is 11.2 Å². The van der Waals surface area contributed by atoms with Crippen LogP contribution >= 0.6 is 11.3 Å². The van der Waals surface area contributed by atoms with Crippen molar-refractivity contribution in [3.63, 3.8) is 0 Å². The highest BCUT2D eigenvalue weighted by Crippen LogP contribution is 2.20. The molecule has 4 heteroatoms. The number of thiazole rings is 1. The van der Waals surface area contributed by atoms with Gasteiger partial charge in [0.2, 0.25) is 0 Å². The van der Waals surface area contributed by atoms with E-state index in [0.29, 0.717) is 12.5 Å². The van der Waals surface area contributed by atoms with Crippen LogP contribution in [0.15, 0.2) is 0 Å². The van der Waals surface area contributed by atoms with Crippen LogP contribution in [0.5, 0.6) is 0 Å². The van der Waals surface area contributed by atoms with Crippen LogP contribution in [0.4, 0.5) is 0 Å². The number of hydrogen-bond donors (Lipinski definition) is 1. The first-order valence-electron chi connectivity index (χ1n) is 6.25. The van der Waals surface area contributed by atoms with Gasteiger partial charge in [-0.05, 0) is 26.7 Å². The lowest BCUT2D eigenvalue weighted by molar-refractivity contribution is 0.0127. The second-order valence-corrected chi connectivity index (χ2v) is 6.07. The predicted molar refractivity (Wildman–Crippen MR) is 73.5 cm³/mol. The van der Waals surface area contributed by atoms with Crippen molar-refractivity contribution in [2.75, 3.05) is 6.61 Å². The summed E-state index contributed by atoms with van der Waals surface area (Å²) in [5, 5.41) is 1.12. The molecule has 0 fully saturated rings. The molecule has 1 rings (SSSR count). The fourth-order valence-electron chi connectivity index (χ4n) is 1.95. The standard InChI is InChI=1S/C13H24N2OS/c1-6-16-13(8(2)3)11(14)7-12-15-9(4)10(5)17-12/h8,11,13H,6-7,14H2,1-5H3. The molecular weight excluding hydrogens is 232 g/mol. The molecule has 2 N–H and O–H groups in total. The van der Waals surface area contributed by atoms with E-state index in [1.54, 1.807) is 11.3 Å². The molecule has 0 saturated heterocycles. The Hall–Kier alpha value is -0.450. The number of aromatic nitrogens is 1. The number of hydrogen-bond acceptors (Lipinski definition) is 4. The van der Waals surface area contributed by atoms with Gasteiger partial charge in [-0.2, -0.15) is 0 Å². The van der Waals surface area contributed by atoms with E-state index in [0.717, 1.165) is 17.1 Å². The summed E-state index contributed by atoms with van der Waals surface area (Å²) in [6.07, 6.45) is 0.923. The minimum absolute atomic E-state index is 0.0277.